The molecule has 2 aliphatic heterocycles. The van der Waals surface area contributed by atoms with Gasteiger partial charge >= 0.3 is 0 Å². The van der Waals surface area contributed by atoms with Gasteiger partial charge in [0, 0.05) is 57.6 Å². The average Bonchev–Trinajstić information content (AvgIpc) is 3.41. The third kappa shape index (κ3) is 7.58. The lowest BCUT2D eigenvalue weighted by Crippen LogP contribution is -2.18. The summed E-state index contributed by atoms with van der Waals surface area (Å²) in [5.74, 6) is 2.20. The zero-order chi connectivity index (χ0) is 39.3. The molecule has 0 fully saturated rings. The monoisotopic (exact) mass is 749 g/mol. The van der Waals surface area contributed by atoms with E-state index in [4.69, 9.17) is 15.0 Å². The molecule has 0 bridgehead atoms. The van der Waals surface area contributed by atoms with Crippen LogP contribution in [0.4, 0.5) is 22.7 Å². The van der Waals surface area contributed by atoms with Gasteiger partial charge in [0.2, 0.25) is 0 Å². The molecule has 5 aromatic carbocycles. The standard InChI is InChI=1S/C53H43N5/c1-38-17-7-6-16-36-57(46-23-12-5-13-24-46)50-35-32-45(37-48(38)50)40-27-26-39(2)58(49-25-15-14-18-41(49)29-28-40)47-33-30-44(31-34-47)53-55-51(42-19-8-3-9-20-42)54-52(56-53)43-21-10-4-11-22-43/h3-21,23-28,30-35,37,43H,1-2,22,29,36H2/b16-6-,17-7-,27-26?,40-28?. The second kappa shape index (κ2) is 16.4. The van der Waals surface area contributed by atoms with Crippen molar-refractivity contribution in [3.05, 3.63) is 236 Å². The van der Waals surface area contributed by atoms with Crippen LogP contribution in [0, 0.1) is 0 Å². The van der Waals surface area contributed by atoms with Crippen molar-refractivity contribution in [3.8, 4) is 22.8 Å². The summed E-state index contributed by atoms with van der Waals surface area (Å²) in [4.78, 5) is 19.5. The highest BCUT2D eigenvalue weighted by Gasteiger charge is 2.21. The second-order valence-electron chi connectivity index (χ2n) is 14.6. The first-order chi connectivity index (χ1) is 28.6. The molecule has 0 amide bonds. The van der Waals surface area contributed by atoms with E-state index in [2.05, 4.69) is 187 Å². The van der Waals surface area contributed by atoms with Crippen LogP contribution in [0.15, 0.2) is 213 Å². The zero-order valence-corrected chi connectivity index (χ0v) is 32.3. The van der Waals surface area contributed by atoms with Crippen LogP contribution < -0.4 is 9.80 Å². The average molecular weight is 750 g/mol. The Morgan fingerprint density at radius 1 is 0.569 bits per heavy atom. The Balaban J connectivity index is 1.05. The van der Waals surface area contributed by atoms with Gasteiger partial charge in [-0.2, -0.15) is 0 Å². The Kier molecular flexibility index (Phi) is 10.3. The van der Waals surface area contributed by atoms with Crippen molar-refractivity contribution in [2.75, 3.05) is 16.3 Å². The quantitative estimate of drug-likeness (QED) is 0.170. The smallest absolute Gasteiger partial charge is 0.163 e. The Morgan fingerprint density at radius 3 is 2.05 bits per heavy atom. The molecular formula is C53H43N5. The molecule has 0 radical (unpaired) electrons. The summed E-state index contributed by atoms with van der Waals surface area (Å²) in [6.07, 6.45) is 25.2. The van der Waals surface area contributed by atoms with Crippen molar-refractivity contribution >= 4 is 33.9 Å². The van der Waals surface area contributed by atoms with E-state index < -0.39 is 0 Å². The van der Waals surface area contributed by atoms with Crippen LogP contribution >= 0.6 is 0 Å². The van der Waals surface area contributed by atoms with Crippen LogP contribution in [0.25, 0.3) is 33.9 Å². The second-order valence-corrected chi connectivity index (χ2v) is 14.6. The molecule has 0 spiro atoms. The number of hydrogen-bond acceptors (Lipinski definition) is 5. The van der Waals surface area contributed by atoms with Crippen LogP contribution in [0.2, 0.25) is 0 Å². The Hall–Kier alpha value is -7.37. The van der Waals surface area contributed by atoms with Gasteiger partial charge in [0.05, 0.1) is 0 Å². The van der Waals surface area contributed by atoms with E-state index in [9.17, 15) is 0 Å². The van der Waals surface area contributed by atoms with Gasteiger partial charge in [0.1, 0.15) is 5.82 Å². The first-order valence-electron chi connectivity index (χ1n) is 19.8. The Morgan fingerprint density at radius 2 is 1.28 bits per heavy atom. The SMILES string of the molecule is C=C1/C=C\C=C/CN(c2ccccc2)c2ccc(C3=CCc4ccccc4N(c4ccc(-c5nc(-c6ccccc6)nc(C6C=CC=CC6)n5)cc4)C(=C)C=C3)cc21. The lowest BCUT2D eigenvalue weighted by atomic mass is 9.95. The molecule has 1 aliphatic carbocycles. The van der Waals surface area contributed by atoms with Gasteiger partial charge in [-0.1, -0.05) is 147 Å². The van der Waals surface area contributed by atoms with E-state index in [-0.39, 0.29) is 5.92 Å². The van der Waals surface area contributed by atoms with Crippen LogP contribution in [0.3, 0.4) is 0 Å². The minimum Gasteiger partial charge on any atom is -0.337 e. The van der Waals surface area contributed by atoms with E-state index in [1.54, 1.807) is 0 Å². The molecule has 9 rings (SSSR count). The molecule has 1 atom stereocenters. The number of fused-ring (bicyclic) bond motifs is 2. The van der Waals surface area contributed by atoms with Gasteiger partial charge in [-0.25, -0.2) is 15.0 Å². The highest BCUT2D eigenvalue weighted by molar-refractivity contribution is 5.88. The number of allylic oxidation sites excluding steroid dienone is 12. The molecule has 6 aromatic rings. The predicted octanol–water partition coefficient (Wildman–Crippen LogP) is 12.9. The van der Waals surface area contributed by atoms with Gasteiger partial charge in [-0.05, 0) is 95.8 Å². The number of aromatic nitrogens is 3. The molecule has 5 nitrogen and oxygen atoms in total. The fourth-order valence-electron chi connectivity index (χ4n) is 7.72. The number of benzene rings is 5. The Bertz CT molecular complexity index is 2680. The van der Waals surface area contributed by atoms with E-state index in [1.807, 2.05) is 30.3 Å². The topological polar surface area (TPSA) is 45.2 Å². The fourth-order valence-corrected chi connectivity index (χ4v) is 7.72. The number of para-hydroxylation sites is 2. The third-order valence-corrected chi connectivity index (χ3v) is 10.8. The van der Waals surface area contributed by atoms with Gasteiger partial charge in [-0.3, -0.25) is 0 Å². The van der Waals surface area contributed by atoms with Gasteiger partial charge in [-0.15, -0.1) is 0 Å². The highest BCUT2D eigenvalue weighted by atomic mass is 15.1. The minimum atomic E-state index is 0.0976. The van der Waals surface area contributed by atoms with Crippen molar-refractivity contribution in [3.63, 3.8) is 0 Å². The lowest BCUT2D eigenvalue weighted by molar-refractivity contribution is 0.764. The maximum absolute atomic E-state index is 5.02. The van der Waals surface area contributed by atoms with Crippen molar-refractivity contribution in [1.82, 2.24) is 15.0 Å². The summed E-state index contributed by atoms with van der Waals surface area (Å²) >= 11 is 0. The maximum Gasteiger partial charge on any atom is 0.163 e. The summed E-state index contributed by atoms with van der Waals surface area (Å²) in [7, 11) is 0. The first kappa shape index (κ1) is 36.3. The van der Waals surface area contributed by atoms with Crippen molar-refractivity contribution < 1.29 is 0 Å². The van der Waals surface area contributed by atoms with Crippen molar-refractivity contribution in [2.45, 2.75) is 18.8 Å². The van der Waals surface area contributed by atoms with E-state index in [0.717, 1.165) is 87.1 Å². The molecule has 58 heavy (non-hydrogen) atoms. The number of hydrogen-bond donors (Lipinski definition) is 0. The van der Waals surface area contributed by atoms with Gasteiger partial charge in [0.15, 0.2) is 11.6 Å². The lowest BCUT2D eigenvalue weighted by Gasteiger charge is -2.27. The van der Waals surface area contributed by atoms with E-state index in [0.29, 0.717) is 11.6 Å². The van der Waals surface area contributed by atoms with Crippen LogP contribution in [0.1, 0.15) is 34.9 Å². The molecule has 0 N–H and O–H groups in total. The zero-order valence-electron chi connectivity index (χ0n) is 32.3. The largest absolute Gasteiger partial charge is 0.337 e. The van der Waals surface area contributed by atoms with E-state index >= 15 is 0 Å². The van der Waals surface area contributed by atoms with Crippen LogP contribution in [-0.4, -0.2) is 21.5 Å². The van der Waals surface area contributed by atoms with Crippen molar-refractivity contribution in [2.24, 2.45) is 0 Å². The molecule has 1 unspecified atom stereocenters. The minimum absolute atomic E-state index is 0.0976. The van der Waals surface area contributed by atoms with Crippen molar-refractivity contribution in [1.29, 1.82) is 0 Å². The summed E-state index contributed by atoms with van der Waals surface area (Å²) < 4.78 is 0. The third-order valence-electron chi connectivity index (χ3n) is 10.8. The summed E-state index contributed by atoms with van der Waals surface area (Å²) in [5.41, 5.74) is 12.6. The molecule has 280 valence electrons. The highest BCUT2D eigenvalue weighted by Crippen LogP contribution is 2.39. The summed E-state index contributed by atoms with van der Waals surface area (Å²) in [6.45, 7) is 9.87. The van der Waals surface area contributed by atoms with E-state index in [1.165, 1.54) is 5.56 Å². The van der Waals surface area contributed by atoms with Gasteiger partial charge < -0.3 is 9.80 Å². The molecule has 3 heterocycles. The number of nitrogens with zero attached hydrogens (tertiary/aromatic N) is 5. The fraction of sp³-hybridized carbons (Fsp3) is 0.0755. The predicted molar refractivity (Wildman–Crippen MR) is 242 cm³/mol. The van der Waals surface area contributed by atoms with Crippen LogP contribution in [0.5, 0.6) is 0 Å². The molecular weight excluding hydrogens is 707 g/mol. The van der Waals surface area contributed by atoms with Gasteiger partial charge in [0.25, 0.3) is 0 Å². The molecule has 1 aromatic heterocycles. The number of rotatable bonds is 6. The number of anilines is 4. The maximum atomic E-state index is 5.02. The summed E-state index contributed by atoms with van der Waals surface area (Å²) in [5, 5.41) is 0. The normalized spacial score (nSPS) is 17.4. The molecule has 0 saturated carbocycles. The molecule has 3 aliphatic rings. The molecule has 0 saturated heterocycles. The first-order valence-corrected chi connectivity index (χ1v) is 19.8. The Labute approximate surface area is 341 Å². The summed E-state index contributed by atoms with van der Waals surface area (Å²) in [6, 6.07) is 44.5. The van der Waals surface area contributed by atoms with Crippen LogP contribution in [-0.2, 0) is 6.42 Å². The molecule has 5 heteroatoms.